The molecule has 0 aliphatic heterocycles. The Labute approximate surface area is 203 Å². The maximum absolute atomic E-state index is 13.2. The van der Waals surface area contributed by atoms with Crippen LogP contribution in [-0.4, -0.2) is 16.1 Å². The summed E-state index contributed by atoms with van der Waals surface area (Å²) >= 11 is 0. The van der Waals surface area contributed by atoms with Gasteiger partial charge < -0.3 is 15.5 Å². The molecule has 0 aliphatic carbocycles. The van der Waals surface area contributed by atoms with E-state index in [2.05, 4.69) is 32.2 Å². The van der Waals surface area contributed by atoms with Gasteiger partial charge in [-0.25, -0.2) is 4.39 Å². The summed E-state index contributed by atoms with van der Waals surface area (Å²) in [4.78, 5) is 13.1. The summed E-state index contributed by atoms with van der Waals surface area (Å²) in [7, 11) is 0. The molecule has 5 heteroatoms. The van der Waals surface area contributed by atoms with Crippen molar-refractivity contribution in [1.29, 1.82) is 0 Å². The molecule has 4 nitrogen and oxygen atoms in total. The number of carbonyl (C=O) groups excluding carboxylic acids is 1. The quantitative estimate of drug-likeness (QED) is 0.230. The lowest BCUT2D eigenvalue weighted by Crippen LogP contribution is -2.24. The number of amides is 1. The highest BCUT2D eigenvalue weighted by Gasteiger charge is 2.22. The normalized spacial score (nSPS) is 11.4. The Kier molecular flexibility index (Phi) is 10.9. The molecule has 0 saturated heterocycles. The number of hydrogen-bond acceptors (Lipinski definition) is 3. The van der Waals surface area contributed by atoms with Crippen molar-refractivity contribution in [2.24, 2.45) is 0 Å². The third-order valence-corrected chi connectivity index (χ3v) is 5.85. The standard InChI is InChI=1S/C29H38FNO3/c1-5-6-7-11-23-18-26(32)25(17-12-21(4)10-8-9-20(2)3)28(33)27(23)29(34)31-19-22-13-15-24(30)16-14-22/h9,12-16,18,32-33H,5-8,10-11,17,19H2,1-4H3,(H,31,34). The second-order valence-electron chi connectivity index (χ2n) is 9.10. The number of aromatic hydroxyl groups is 2. The molecule has 2 aromatic rings. The number of rotatable bonds is 12. The summed E-state index contributed by atoms with van der Waals surface area (Å²) in [6.07, 6.45) is 9.81. The maximum atomic E-state index is 13.2. The number of halogens is 1. The monoisotopic (exact) mass is 467 g/mol. The molecule has 0 heterocycles. The molecule has 3 N–H and O–H groups in total. The van der Waals surface area contributed by atoms with Crippen LogP contribution in [0.3, 0.4) is 0 Å². The minimum atomic E-state index is -0.404. The third-order valence-electron chi connectivity index (χ3n) is 5.85. The molecular weight excluding hydrogens is 429 g/mol. The van der Waals surface area contributed by atoms with Gasteiger partial charge in [-0.3, -0.25) is 4.79 Å². The van der Waals surface area contributed by atoms with E-state index >= 15 is 0 Å². The first-order chi connectivity index (χ1) is 16.2. The van der Waals surface area contributed by atoms with Crippen molar-refractivity contribution < 1.29 is 19.4 Å². The Hall–Kier alpha value is -3.08. The van der Waals surface area contributed by atoms with Crippen molar-refractivity contribution in [3.8, 4) is 11.5 Å². The van der Waals surface area contributed by atoms with Gasteiger partial charge in [0.25, 0.3) is 5.91 Å². The van der Waals surface area contributed by atoms with Gasteiger partial charge in [-0.2, -0.15) is 0 Å². The van der Waals surface area contributed by atoms with Crippen LogP contribution in [0.2, 0.25) is 0 Å². The van der Waals surface area contributed by atoms with E-state index in [-0.39, 0.29) is 29.4 Å². The van der Waals surface area contributed by atoms with Gasteiger partial charge in [0, 0.05) is 12.1 Å². The van der Waals surface area contributed by atoms with Crippen LogP contribution in [0.4, 0.5) is 4.39 Å². The van der Waals surface area contributed by atoms with Crippen LogP contribution in [0, 0.1) is 5.82 Å². The Morgan fingerprint density at radius 1 is 1.06 bits per heavy atom. The highest BCUT2D eigenvalue weighted by molar-refractivity contribution is 5.99. The molecule has 2 aromatic carbocycles. The smallest absolute Gasteiger partial charge is 0.255 e. The topological polar surface area (TPSA) is 69.6 Å². The molecule has 0 saturated carbocycles. The lowest BCUT2D eigenvalue weighted by molar-refractivity contribution is 0.0947. The first-order valence-electron chi connectivity index (χ1n) is 12.1. The molecular formula is C29H38FNO3. The largest absolute Gasteiger partial charge is 0.508 e. The van der Waals surface area contributed by atoms with Gasteiger partial charge in [0.05, 0.1) is 5.56 Å². The van der Waals surface area contributed by atoms with Crippen molar-refractivity contribution in [3.05, 3.63) is 81.7 Å². The van der Waals surface area contributed by atoms with Crippen LogP contribution in [0.1, 0.15) is 86.8 Å². The van der Waals surface area contributed by atoms with E-state index in [0.29, 0.717) is 24.0 Å². The van der Waals surface area contributed by atoms with E-state index in [1.54, 1.807) is 18.2 Å². The fourth-order valence-electron chi connectivity index (χ4n) is 3.81. The lowest BCUT2D eigenvalue weighted by atomic mass is 9.94. The van der Waals surface area contributed by atoms with Crippen molar-refractivity contribution >= 4 is 5.91 Å². The average molecular weight is 468 g/mol. The number of nitrogens with one attached hydrogen (secondary N) is 1. The Bertz CT molecular complexity index is 1020. The molecule has 0 bridgehead atoms. The summed E-state index contributed by atoms with van der Waals surface area (Å²) < 4.78 is 13.2. The van der Waals surface area contributed by atoms with E-state index in [0.717, 1.165) is 43.2 Å². The summed E-state index contributed by atoms with van der Waals surface area (Å²) in [5.74, 6) is -0.902. The van der Waals surface area contributed by atoms with Crippen LogP contribution in [0.5, 0.6) is 11.5 Å². The number of phenols is 2. The fraction of sp³-hybridized carbons (Fsp3) is 0.414. The van der Waals surface area contributed by atoms with Gasteiger partial charge in [-0.1, -0.05) is 55.2 Å². The third kappa shape index (κ3) is 8.36. The van der Waals surface area contributed by atoms with Gasteiger partial charge in [-0.15, -0.1) is 0 Å². The number of carbonyl (C=O) groups is 1. The number of hydrogen-bond donors (Lipinski definition) is 3. The van der Waals surface area contributed by atoms with Crippen molar-refractivity contribution in [2.45, 2.75) is 79.2 Å². The molecule has 0 spiro atoms. The van der Waals surface area contributed by atoms with Gasteiger partial charge in [0.1, 0.15) is 17.3 Å². The number of aryl methyl sites for hydroxylation is 1. The summed E-state index contributed by atoms with van der Waals surface area (Å²) in [6, 6.07) is 7.54. The highest BCUT2D eigenvalue weighted by atomic mass is 19.1. The van der Waals surface area contributed by atoms with E-state index < -0.39 is 5.91 Å². The van der Waals surface area contributed by atoms with Crippen LogP contribution >= 0.6 is 0 Å². The Balaban J connectivity index is 2.28. The average Bonchev–Trinajstić information content (AvgIpc) is 2.78. The molecule has 34 heavy (non-hydrogen) atoms. The molecule has 0 atom stereocenters. The maximum Gasteiger partial charge on any atom is 0.255 e. The van der Waals surface area contributed by atoms with Crippen LogP contribution in [0.15, 0.2) is 53.6 Å². The summed E-state index contributed by atoms with van der Waals surface area (Å²) in [5.41, 5.74) is 4.39. The van der Waals surface area contributed by atoms with Crippen LogP contribution < -0.4 is 5.32 Å². The second-order valence-corrected chi connectivity index (χ2v) is 9.10. The molecule has 184 valence electrons. The van der Waals surface area contributed by atoms with Crippen molar-refractivity contribution in [2.75, 3.05) is 0 Å². The Morgan fingerprint density at radius 2 is 1.76 bits per heavy atom. The minimum Gasteiger partial charge on any atom is -0.508 e. The second kappa shape index (κ2) is 13.6. The Morgan fingerprint density at radius 3 is 2.41 bits per heavy atom. The summed E-state index contributed by atoms with van der Waals surface area (Å²) in [6.45, 7) is 8.48. The molecule has 1 amide bonds. The van der Waals surface area contributed by atoms with E-state index in [4.69, 9.17) is 0 Å². The molecule has 0 aromatic heterocycles. The molecule has 0 fully saturated rings. The van der Waals surface area contributed by atoms with Crippen LogP contribution in [0.25, 0.3) is 0 Å². The van der Waals surface area contributed by atoms with Gasteiger partial charge in [-0.05, 0) is 82.2 Å². The predicted molar refractivity (Wildman–Crippen MR) is 137 cm³/mol. The number of benzene rings is 2. The number of phenolic OH excluding ortho intramolecular Hbond substituents is 2. The summed E-state index contributed by atoms with van der Waals surface area (Å²) in [5, 5.41) is 24.6. The van der Waals surface area contributed by atoms with E-state index in [9.17, 15) is 19.4 Å². The minimum absolute atomic E-state index is 0.00688. The highest BCUT2D eigenvalue weighted by Crippen LogP contribution is 2.35. The van der Waals surface area contributed by atoms with E-state index in [1.165, 1.54) is 17.7 Å². The zero-order valence-electron chi connectivity index (χ0n) is 20.9. The first kappa shape index (κ1) is 27.2. The zero-order valence-corrected chi connectivity index (χ0v) is 20.9. The molecule has 2 rings (SSSR count). The number of allylic oxidation sites excluding steroid dienone is 4. The van der Waals surface area contributed by atoms with Gasteiger partial charge in [0.2, 0.25) is 0 Å². The molecule has 0 radical (unpaired) electrons. The lowest BCUT2D eigenvalue weighted by Gasteiger charge is -2.16. The predicted octanol–water partition coefficient (Wildman–Crippen LogP) is 7.13. The van der Waals surface area contributed by atoms with Crippen molar-refractivity contribution in [1.82, 2.24) is 5.32 Å². The fourth-order valence-corrected chi connectivity index (χ4v) is 3.81. The molecule has 0 unspecified atom stereocenters. The van der Waals surface area contributed by atoms with E-state index in [1.807, 2.05) is 13.0 Å². The SMILES string of the molecule is CCCCCc1cc(O)c(CC=C(C)CCC=C(C)C)c(O)c1C(=O)NCc1ccc(F)cc1. The number of unbranched alkanes of at least 4 members (excludes halogenated alkanes) is 2. The zero-order chi connectivity index (χ0) is 25.1. The van der Waals surface area contributed by atoms with Gasteiger partial charge >= 0.3 is 0 Å². The van der Waals surface area contributed by atoms with Crippen molar-refractivity contribution in [3.63, 3.8) is 0 Å². The van der Waals surface area contributed by atoms with Gasteiger partial charge in [0.15, 0.2) is 0 Å². The molecule has 0 aliphatic rings. The van der Waals surface area contributed by atoms with Crippen LogP contribution in [-0.2, 0) is 19.4 Å². The first-order valence-corrected chi connectivity index (χ1v) is 12.1.